The van der Waals surface area contributed by atoms with E-state index in [1.54, 1.807) is 6.92 Å². The molecule has 0 bridgehead atoms. The Morgan fingerprint density at radius 2 is 2.15 bits per heavy atom. The predicted octanol–water partition coefficient (Wildman–Crippen LogP) is 1.63. The fraction of sp³-hybridized carbons (Fsp3) is 0.364. The van der Waals surface area contributed by atoms with E-state index in [1.165, 1.54) is 30.3 Å². The van der Waals surface area contributed by atoms with Crippen molar-refractivity contribution in [3.05, 3.63) is 40.2 Å². The monoisotopic (exact) mass is 295 g/mol. The van der Waals surface area contributed by atoms with Crippen molar-refractivity contribution >= 4 is 18.4 Å². The summed E-state index contributed by atoms with van der Waals surface area (Å²) in [5.74, 6) is 0.782. The third-order valence-electron chi connectivity index (χ3n) is 2.75. The number of hydrogen-bond acceptors (Lipinski definition) is 7. The number of rotatable bonds is 5. The van der Waals surface area contributed by atoms with Crippen LogP contribution in [0.2, 0.25) is 0 Å². The van der Waals surface area contributed by atoms with Crippen LogP contribution in [-0.4, -0.2) is 31.6 Å². The molecule has 106 valence electrons. The number of methoxy groups -OCH3 is 1. The van der Waals surface area contributed by atoms with Crippen molar-refractivity contribution in [3.63, 3.8) is 0 Å². The van der Waals surface area contributed by atoms with Crippen LogP contribution in [0.5, 0.6) is 5.88 Å². The van der Waals surface area contributed by atoms with Crippen LogP contribution in [0.1, 0.15) is 23.7 Å². The van der Waals surface area contributed by atoms with Gasteiger partial charge < -0.3 is 14.9 Å². The first-order chi connectivity index (χ1) is 9.58. The summed E-state index contributed by atoms with van der Waals surface area (Å²) in [4.78, 5) is 22.7. The summed E-state index contributed by atoms with van der Waals surface area (Å²) < 4.78 is 6.42. The molecule has 0 saturated heterocycles. The molecule has 0 N–H and O–H groups in total. The number of hydrogen-bond donors (Lipinski definition) is 1. The highest BCUT2D eigenvalue weighted by atomic mass is 32.1. The molecule has 20 heavy (non-hydrogen) atoms. The first-order valence-electron chi connectivity index (χ1n) is 5.82. The molecule has 0 aliphatic rings. The van der Waals surface area contributed by atoms with E-state index in [0.717, 1.165) is 0 Å². The second-order valence-electron chi connectivity index (χ2n) is 3.86. The van der Waals surface area contributed by atoms with Gasteiger partial charge in [0, 0.05) is 0 Å². The molecule has 2 heterocycles. The lowest BCUT2D eigenvalue weighted by molar-refractivity contribution is -0.392. The molecule has 0 aliphatic carbocycles. The van der Waals surface area contributed by atoms with Crippen LogP contribution >= 0.6 is 12.6 Å². The van der Waals surface area contributed by atoms with E-state index >= 15 is 0 Å². The second-order valence-corrected chi connectivity index (χ2v) is 4.38. The summed E-state index contributed by atoms with van der Waals surface area (Å²) in [7, 11) is 1.50. The number of nitrogens with zero attached hydrogens (tertiary/aromatic N) is 5. The van der Waals surface area contributed by atoms with Crippen molar-refractivity contribution in [2.45, 2.75) is 18.7 Å². The van der Waals surface area contributed by atoms with Crippen molar-refractivity contribution in [1.29, 1.82) is 0 Å². The average molecular weight is 295 g/mol. The maximum Gasteiger partial charge on any atom is 0.342 e. The highest BCUT2D eigenvalue weighted by Gasteiger charge is 2.26. The van der Waals surface area contributed by atoms with E-state index < -0.39 is 10.2 Å². The van der Waals surface area contributed by atoms with Crippen LogP contribution in [-0.2, 0) is 6.54 Å². The van der Waals surface area contributed by atoms with Gasteiger partial charge in [0.05, 0.1) is 31.7 Å². The third-order valence-corrected chi connectivity index (χ3v) is 3.25. The van der Waals surface area contributed by atoms with Crippen LogP contribution in [0, 0.1) is 10.1 Å². The molecule has 8 nitrogen and oxygen atoms in total. The molecule has 0 amide bonds. The maximum atomic E-state index is 10.9. The Bertz CT molecular complexity index is 613. The van der Waals surface area contributed by atoms with Gasteiger partial charge in [0.25, 0.3) is 0 Å². The van der Waals surface area contributed by atoms with Gasteiger partial charge in [0.2, 0.25) is 11.7 Å². The van der Waals surface area contributed by atoms with E-state index in [1.807, 2.05) is 0 Å². The number of thiol groups is 1. The fourth-order valence-corrected chi connectivity index (χ4v) is 2.11. The summed E-state index contributed by atoms with van der Waals surface area (Å²) in [6.45, 7) is 2.23. The van der Waals surface area contributed by atoms with E-state index in [4.69, 9.17) is 4.74 Å². The molecule has 9 heteroatoms. The predicted molar refractivity (Wildman–Crippen MR) is 74.0 cm³/mol. The average Bonchev–Trinajstić information content (AvgIpc) is 2.90. The standard InChI is InChI=1S/C11H13N5O3S/c1-3-15-9(16(17)18)6-14-11(15)10(20)7-4-13-8(19-2)5-12-7/h4-6,10,20H,3H2,1-2H3. The van der Waals surface area contributed by atoms with E-state index in [0.29, 0.717) is 23.9 Å². The number of ether oxygens (including phenoxy) is 1. The summed E-state index contributed by atoms with van der Waals surface area (Å²) in [5.41, 5.74) is 0.546. The first-order valence-corrected chi connectivity index (χ1v) is 6.34. The molecule has 0 aliphatic heterocycles. The summed E-state index contributed by atoms with van der Waals surface area (Å²) in [6, 6.07) is 0. The molecule has 2 rings (SSSR count). The Balaban J connectivity index is 2.37. The highest BCUT2D eigenvalue weighted by molar-refractivity contribution is 7.80. The Morgan fingerprint density at radius 1 is 1.40 bits per heavy atom. The fourth-order valence-electron chi connectivity index (χ4n) is 1.77. The van der Waals surface area contributed by atoms with Gasteiger partial charge >= 0.3 is 5.82 Å². The number of nitro groups is 1. The zero-order valence-electron chi connectivity index (χ0n) is 10.9. The molecule has 0 fully saturated rings. The minimum absolute atomic E-state index is 0.0666. The molecule has 0 radical (unpaired) electrons. The molecule has 2 aromatic heterocycles. The molecule has 1 atom stereocenters. The molecule has 0 spiro atoms. The number of aromatic nitrogens is 4. The SMILES string of the molecule is CCn1c([N+](=O)[O-])cnc1C(S)c1cnc(OC)cn1. The van der Waals surface area contributed by atoms with Gasteiger partial charge in [-0.05, 0) is 11.8 Å². The van der Waals surface area contributed by atoms with Crippen molar-refractivity contribution in [3.8, 4) is 5.88 Å². The molecule has 0 aromatic carbocycles. The van der Waals surface area contributed by atoms with Crippen LogP contribution in [0.3, 0.4) is 0 Å². The largest absolute Gasteiger partial charge is 0.480 e. The van der Waals surface area contributed by atoms with Crippen molar-refractivity contribution < 1.29 is 9.66 Å². The minimum atomic E-state index is -0.498. The quantitative estimate of drug-likeness (QED) is 0.511. The Morgan fingerprint density at radius 3 is 2.65 bits per heavy atom. The first kappa shape index (κ1) is 14.3. The zero-order chi connectivity index (χ0) is 14.7. The van der Waals surface area contributed by atoms with Crippen molar-refractivity contribution in [2.24, 2.45) is 0 Å². The summed E-state index contributed by atoms with van der Waals surface area (Å²) in [6.07, 6.45) is 4.20. The maximum absolute atomic E-state index is 10.9. The minimum Gasteiger partial charge on any atom is -0.480 e. The van der Waals surface area contributed by atoms with E-state index in [-0.39, 0.29) is 5.82 Å². The van der Waals surface area contributed by atoms with Crippen LogP contribution in [0.25, 0.3) is 0 Å². The lowest BCUT2D eigenvalue weighted by Crippen LogP contribution is -2.09. The van der Waals surface area contributed by atoms with Gasteiger partial charge in [-0.3, -0.25) is 4.98 Å². The Kier molecular flexibility index (Phi) is 4.18. The van der Waals surface area contributed by atoms with E-state index in [2.05, 4.69) is 27.6 Å². The van der Waals surface area contributed by atoms with Crippen molar-refractivity contribution in [2.75, 3.05) is 7.11 Å². The van der Waals surface area contributed by atoms with E-state index in [9.17, 15) is 10.1 Å². The molecular formula is C11H13N5O3S. The topological polar surface area (TPSA) is 96.0 Å². The lowest BCUT2D eigenvalue weighted by Gasteiger charge is -2.08. The summed E-state index contributed by atoms with van der Waals surface area (Å²) in [5, 5.41) is 10.4. The highest BCUT2D eigenvalue weighted by Crippen LogP contribution is 2.28. The summed E-state index contributed by atoms with van der Waals surface area (Å²) >= 11 is 4.43. The van der Waals surface area contributed by atoms with Crippen LogP contribution in [0.15, 0.2) is 18.6 Å². The van der Waals surface area contributed by atoms with Gasteiger partial charge in [0.15, 0.2) is 0 Å². The number of imidazole rings is 1. The third kappa shape index (κ3) is 2.57. The van der Waals surface area contributed by atoms with Gasteiger partial charge in [-0.25, -0.2) is 14.5 Å². The molecule has 0 saturated carbocycles. The van der Waals surface area contributed by atoms with Crippen LogP contribution in [0.4, 0.5) is 5.82 Å². The Hall–Kier alpha value is -2.16. The van der Waals surface area contributed by atoms with Gasteiger partial charge in [-0.15, -0.1) is 0 Å². The lowest BCUT2D eigenvalue weighted by atomic mass is 10.3. The van der Waals surface area contributed by atoms with Crippen LogP contribution < -0.4 is 4.74 Å². The normalized spacial score (nSPS) is 12.2. The molecule has 1 unspecified atom stereocenters. The zero-order valence-corrected chi connectivity index (χ0v) is 11.8. The van der Waals surface area contributed by atoms with Gasteiger partial charge in [-0.1, -0.05) is 0 Å². The molecule has 2 aromatic rings. The van der Waals surface area contributed by atoms with Gasteiger partial charge in [0.1, 0.15) is 11.4 Å². The molecular weight excluding hydrogens is 282 g/mol. The smallest absolute Gasteiger partial charge is 0.342 e. The Labute approximate surface area is 120 Å². The van der Waals surface area contributed by atoms with Crippen molar-refractivity contribution in [1.82, 2.24) is 19.5 Å². The van der Waals surface area contributed by atoms with Gasteiger partial charge in [-0.2, -0.15) is 12.6 Å². The second kappa shape index (κ2) is 5.87.